The van der Waals surface area contributed by atoms with Crippen LogP contribution in [0.25, 0.3) is 0 Å². The molecule has 6 heteroatoms. The molecule has 1 aromatic carbocycles. The van der Waals surface area contributed by atoms with Gasteiger partial charge in [0.1, 0.15) is 5.82 Å². The van der Waals surface area contributed by atoms with Crippen molar-refractivity contribution in [1.29, 1.82) is 0 Å². The van der Waals surface area contributed by atoms with E-state index in [2.05, 4.69) is 5.32 Å². The van der Waals surface area contributed by atoms with Gasteiger partial charge in [0.15, 0.2) is 0 Å². The summed E-state index contributed by atoms with van der Waals surface area (Å²) in [6, 6.07) is 4.34. The molecule has 1 aliphatic rings. The number of halogens is 1. The maximum absolute atomic E-state index is 13.4. The van der Waals surface area contributed by atoms with Crippen LogP contribution in [-0.4, -0.2) is 41.5 Å². The molecule has 1 fully saturated rings. The number of nitrogens with one attached hydrogen (secondary N) is 1. The van der Waals surface area contributed by atoms with Gasteiger partial charge < -0.3 is 15.3 Å². The number of aliphatic hydroxyl groups excluding tert-OH is 1. The van der Waals surface area contributed by atoms with Crippen LogP contribution in [0.1, 0.15) is 18.4 Å². The number of hydrogen-bond donors (Lipinski definition) is 2. The van der Waals surface area contributed by atoms with Gasteiger partial charge in [-0.3, -0.25) is 9.59 Å². The maximum Gasteiger partial charge on any atom is 0.313 e. The summed E-state index contributed by atoms with van der Waals surface area (Å²) < 4.78 is 13.4. The molecule has 0 radical (unpaired) electrons. The lowest BCUT2D eigenvalue weighted by Gasteiger charge is -2.30. The predicted molar refractivity (Wildman–Crippen MR) is 76.2 cm³/mol. The van der Waals surface area contributed by atoms with Crippen LogP contribution >= 0.6 is 0 Å². The van der Waals surface area contributed by atoms with Gasteiger partial charge in [0, 0.05) is 30.9 Å². The Hall–Kier alpha value is -1.95. The van der Waals surface area contributed by atoms with E-state index in [1.807, 2.05) is 0 Å². The summed E-state index contributed by atoms with van der Waals surface area (Å²) in [5.41, 5.74) is 0.608. The largest absolute Gasteiger partial charge is 0.396 e. The van der Waals surface area contributed by atoms with Crippen molar-refractivity contribution in [2.24, 2.45) is 5.92 Å². The van der Waals surface area contributed by atoms with Gasteiger partial charge in [0.05, 0.1) is 0 Å². The van der Waals surface area contributed by atoms with Crippen LogP contribution in [0.3, 0.4) is 0 Å². The second-order valence-corrected chi connectivity index (χ2v) is 5.28. The Morgan fingerprint density at radius 3 is 2.67 bits per heavy atom. The third-order valence-electron chi connectivity index (χ3n) is 3.87. The Balaban J connectivity index is 1.97. The Labute approximate surface area is 122 Å². The molecule has 0 unspecified atom stereocenters. The molecule has 0 bridgehead atoms. The maximum atomic E-state index is 13.4. The minimum Gasteiger partial charge on any atom is -0.396 e. The van der Waals surface area contributed by atoms with E-state index in [0.29, 0.717) is 37.2 Å². The molecule has 0 atom stereocenters. The van der Waals surface area contributed by atoms with Gasteiger partial charge in [-0.05, 0) is 37.8 Å². The highest BCUT2D eigenvalue weighted by Gasteiger charge is 2.27. The molecule has 0 aliphatic carbocycles. The molecule has 1 saturated heterocycles. The molecule has 0 aromatic heterocycles. The fraction of sp³-hybridized carbons (Fsp3) is 0.467. The Kier molecular flexibility index (Phi) is 4.90. The molecule has 2 rings (SSSR count). The van der Waals surface area contributed by atoms with Crippen molar-refractivity contribution in [1.82, 2.24) is 4.90 Å². The molecule has 114 valence electrons. The third kappa shape index (κ3) is 3.58. The lowest BCUT2D eigenvalue weighted by Crippen LogP contribution is -2.44. The van der Waals surface area contributed by atoms with E-state index < -0.39 is 17.6 Å². The minimum atomic E-state index is -0.758. The molecule has 5 nitrogen and oxygen atoms in total. The molecule has 1 heterocycles. The van der Waals surface area contributed by atoms with Gasteiger partial charge in [0.25, 0.3) is 0 Å². The monoisotopic (exact) mass is 294 g/mol. The Morgan fingerprint density at radius 2 is 2.05 bits per heavy atom. The van der Waals surface area contributed by atoms with Crippen molar-refractivity contribution in [2.75, 3.05) is 25.0 Å². The first-order valence-electron chi connectivity index (χ1n) is 6.99. The van der Waals surface area contributed by atoms with Crippen LogP contribution in [0.4, 0.5) is 10.1 Å². The average Bonchev–Trinajstić information content (AvgIpc) is 2.51. The van der Waals surface area contributed by atoms with Gasteiger partial charge in [-0.1, -0.05) is 6.07 Å². The van der Waals surface area contributed by atoms with Gasteiger partial charge in [0.2, 0.25) is 0 Å². The van der Waals surface area contributed by atoms with Crippen molar-refractivity contribution in [2.45, 2.75) is 19.8 Å². The zero-order chi connectivity index (χ0) is 15.4. The highest BCUT2D eigenvalue weighted by molar-refractivity contribution is 6.39. The lowest BCUT2D eigenvalue weighted by atomic mass is 9.98. The van der Waals surface area contributed by atoms with Crippen molar-refractivity contribution in [3.63, 3.8) is 0 Å². The number of hydrogen-bond acceptors (Lipinski definition) is 3. The first-order valence-corrected chi connectivity index (χ1v) is 6.99. The normalized spacial score (nSPS) is 15.9. The number of aliphatic hydroxyl groups is 1. The predicted octanol–water partition coefficient (Wildman–Crippen LogP) is 1.30. The molecular formula is C15H19FN2O3. The number of benzene rings is 1. The lowest BCUT2D eigenvalue weighted by molar-refractivity contribution is -0.144. The first kappa shape index (κ1) is 15.4. The number of rotatable bonds is 2. The van der Waals surface area contributed by atoms with Crippen molar-refractivity contribution < 1.29 is 19.1 Å². The molecular weight excluding hydrogens is 275 g/mol. The fourth-order valence-corrected chi connectivity index (χ4v) is 2.38. The van der Waals surface area contributed by atoms with Crippen molar-refractivity contribution in [3.8, 4) is 0 Å². The van der Waals surface area contributed by atoms with E-state index in [0.717, 1.165) is 0 Å². The SMILES string of the molecule is Cc1c(F)cccc1NC(=O)C(=O)N1CCC(CO)CC1. The molecule has 1 aromatic rings. The number of amides is 2. The number of piperidine rings is 1. The fourth-order valence-electron chi connectivity index (χ4n) is 2.38. The number of carbonyl (C=O) groups is 2. The molecule has 2 amide bonds. The summed E-state index contributed by atoms with van der Waals surface area (Å²) in [5.74, 6) is -1.60. The molecule has 0 saturated carbocycles. The van der Waals surface area contributed by atoms with Crippen LogP contribution in [0.5, 0.6) is 0 Å². The summed E-state index contributed by atoms with van der Waals surface area (Å²) in [4.78, 5) is 25.5. The number of carbonyl (C=O) groups excluding carboxylic acids is 2. The minimum absolute atomic E-state index is 0.108. The van der Waals surface area contributed by atoms with Crippen LogP contribution in [0.15, 0.2) is 18.2 Å². The van der Waals surface area contributed by atoms with Crippen LogP contribution in [0.2, 0.25) is 0 Å². The molecule has 2 N–H and O–H groups in total. The van der Waals surface area contributed by atoms with E-state index in [9.17, 15) is 14.0 Å². The van der Waals surface area contributed by atoms with Gasteiger partial charge in [-0.25, -0.2) is 4.39 Å². The second kappa shape index (κ2) is 6.67. The van der Waals surface area contributed by atoms with Crippen LogP contribution in [0, 0.1) is 18.7 Å². The molecule has 21 heavy (non-hydrogen) atoms. The van der Waals surface area contributed by atoms with Crippen molar-refractivity contribution >= 4 is 17.5 Å². The van der Waals surface area contributed by atoms with Crippen LogP contribution in [-0.2, 0) is 9.59 Å². The standard InChI is InChI=1S/C15H19FN2O3/c1-10-12(16)3-2-4-13(10)17-14(20)15(21)18-7-5-11(9-19)6-8-18/h2-4,11,19H,5-9H2,1H3,(H,17,20). The highest BCUT2D eigenvalue weighted by atomic mass is 19.1. The number of nitrogens with zero attached hydrogens (tertiary/aromatic N) is 1. The van der Waals surface area contributed by atoms with E-state index >= 15 is 0 Å². The molecule has 1 aliphatic heterocycles. The summed E-state index contributed by atoms with van der Waals surface area (Å²) in [5, 5.41) is 11.5. The average molecular weight is 294 g/mol. The smallest absolute Gasteiger partial charge is 0.313 e. The van der Waals surface area contributed by atoms with Crippen molar-refractivity contribution in [3.05, 3.63) is 29.6 Å². The van der Waals surface area contributed by atoms with E-state index in [-0.39, 0.29) is 12.5 Å². The summed E-state index contributed by atoms with van der Waals surface area (Å²) in [6.45, 7) is 2.57. The number of anilines is 1. The number of likely N-dealkylation sites (tertiary alicyclic amines) is 1. The highest BCUT2D eigenvalue weighted by Crippen LogP contribution is 2.19. The zero-order valence-corrected chi connectivity index (χ0v) is 11.9. The van der Waals surface area contributed by atoms with Gasteiger partial charge in [-0.2, -0.15) is 0 Å². The summed E-state index contributed by atoms with van der Waals surface area (Å²) >= 11 is 0. The summed E-state index contributed by atoms with van der Waals surface area (Å²) in [6.07, 6.45) is 1.38. The zero-order valence-electron chi connectivity index (χ0n) is 11.9. The third-order valence-corrected chi connectivity index (χ3v) is 3.87. The first-order chi connectivity index (χ1) is 10.0. The van der Waals surface area contributed by atoms with E-state index in [1.165, 1.54) is 17.0 Å². The van der Waals surface area contributed by atoms with E-state index in [1.54, 1.807) is 13.0 Å². The van der Waals surface area contributed by atoms with Gasteiger partial charge >= 0.3 is 11.8 Å². The summed E-state index contributed by atoms with van der Waals surface area (Å²) in [7, 11) is 0. The quantitative estimate of drug-likeness (QED) is 0.808. The Bertz CT molecular complexity index is 540. The topological polar surface area (TPSA) is 69.6 Å². The van der Waals surface area contributed by atoms with Crippen LogP contribution < -0.4 is 5.32 Å². The van der Waals surface area contributed by atoms with E-state index in [4.69, 9.17) is 5.11 Å². The van der Waals surface area contributed by atoms with Gasteiger partial charge in [-0.15, -0.1) is 0 Å². The molecule has 0 spiro atoms. The Morgan fingerprint density at radius 1 is 1.38 bits per heavy atom. The second-order valence-electron chi connectivity index (χ2n) is 5.28.